The first-order valence-corrected chi connectivity index (χ1v) is 9.83. The van der Waals surface area contributed by atoms with Crippen LogP contribution in [0.4, 0.5) is 26.3 Å². The van der Waals surface area contributed by atoms with E-state index < -0.39 is 41.0 Å². The Morgan fingerprint density at radius 2 is 1.55 bits per heavy atom. The average Bonchev–Trinajstić information content (AvgIpc) is 2.68. The Morgan fingerprint density at radius 1 is 1.00 bits per heavy atom. The molecular weight excluding hydrogens is 446 g/mol. The van der Waals surface area contributed by atoms with Crippen molar-refractivity contribution in [3.05, 3.63) is 69.7 Å². The molecule has 3 rings (SSSR count). The topological polar surface area (TPSA) is 46.3 Å². The van der Waals surface area contributed by atoms with Crippen LogP contribution in [0.15, 0.2) is 42.5 Å². The number of nitrogens with zero attached hydrogens (tertiary/aromatic N) is 1. The third-order valence-corrected chi connectivity index (χ3v) is 5.49. The summed E-state index contributed by atoms with van der Waals surface area (Å²) in [6.07, 6.45) is -8.93. The van der Waals surface area contributed by atoms with Crippen LogP contribution in [0.1, 0.15) is 39.9 Å². The maximum atomic E-state index is 13.2. The minimum Gasteiger partial charge on any atom is -0.335 e. The van der Waals surface area contributed by atoms with Crippen LogP contribution in [0.3, 0.4) is 0 Å². The normalized spacial score (nSPS) is 20.1. The number of halogens is 7. The van der Waals surface area contributed by atoms with Crippen molar-refractivity contribution in [3.63, 3.8) is 0 Å². The van der Waals surface area contributed by atoms with E-state index in [1.54, 1.807) is 24.3 Å². The molecule has 2 atom stereocenters. The van der Waals surface area contributed by atoms with E-state index in [1.807, 2.05) is 0 Å². The number of nitrogens with two attached hydrogens (primary N) is 1. The van der Waals surface area contributed by atoms with Crippen LogP contribution >= 0.6 is 11.6 Å². The molecule has 0 unspecified atom stereocenters. The quantitative estimate of drug-likeness (QED) is 0.605. The van der Waals surface area contributed by atoms with Gasteiger partial charge in [0.05, 0.1) is 11.1 Å². The summed E-state index contributed by atoms with van der Waals surface area (Å²) < 4.78 is 79.0. The molecule has 31 heavy (non-hydrogen) atoms. The van der Waals surface area contributed by atoms with Gasteiger partial charge in [0.25, 0.3) is 5.91 Å². The number of benzene rings is 2. The van der Waals surface area contributed by atoms with Crippen molar-refractivity contribution in [3.8, 4) is 0 Å². The van der Waals surface area contributed by atoms with Gasteiger partial charge in [-0.15, -0.1) is 0 Å². The minimum absolute atomic E-state index is 0.00803. The van der Waals surface area contributed by atoms with E-state index in [4.69, 9.17) is 17.3 Å². The Bertz CT molecular complexity index is 910. The summed E-state index contributed by atoms with van der Waals surface area (Å²) >= 11 is 5.87. The second-order valence-corrected chi connectivity index (χ2v) is 8.00. The second kappa shape index (κ2) is 8.70. The van der Waals surface area contributed by atoms with Crippen LogP contribution in [0.25, 0.3) is 0 Å². The van der Waals surface area contributed by atoms with Crippen LogP contribution in [0.5, 0.6) is 0 Å². The lowest BCUT2D eigenvalue weighted by Gasteiger charge is -2.39. The van der Waals surface area contributed by atoms with Crippen LogP contribution < -0.4 is 5.73 Å². The van der Waals surface area contributed by atoms with Gasteiger partial charge in [-0.25, -0.2) is 0 Å². The Morgan fingerprint density at radius 3 is 2.06 bits per heavy atom. The van der Waals surface area contributed by atoms with E-state index in [2.05, 4.69) is 0 Å². The van der Waals surface area contributed by atoms with Gasteiger partial charge in [-0.3, -0.25) is 4.79 Å². The molecule has 2 aromatic rings. The molecule has 168 valence electrons. The van der Waals surface area contributed by atoms with Crippen LogP contribution in [-0.4, -0.2) is 29.4 Å². The van der Waals surface area contributed by atoms with Gasteiger partial charge in [0.2, 0.25) is 0 Å². The van der Waals surface area contributed by atoms with Gasteiger partial charge in [0, 0.05) is 29.2 Å². The van der Waals surface area contributed by atoms with E-state index in [9.17, 15) is 31.1 Å². The number of carbonyl (C=O) groups excluding carboxylic acids is 1. The molecule has 2 aromatic carbocycles. The molecule has 0 aliphatic carbocycles. The summed E-state index contributed by atoms with van der Waals surface area (Å²) in [6, 6.07) is 7.05. The lowest BCUT2D eigenvalue weighted by Crippen LogP contribution is -2.50. The summed E-state index contributed by atoms with van der Waals surface area (Å²) in [5.41, 5.74) is 3.14. The highest BCUT2D eigenvalue weighted by atomic mass is 35.5. The molecule has 1 aliphatic rings. The van der Waals surface area contributed by atoms with Crippen molar-refractivity contribution in [2.45, 2.75) is 43.7 Å². The van der Waals surface area contributed by atoms with Crippen LogP contribution in [0.2, 0.25) is 5.02 Å². The second-order valence-electron chi connectivity index (χ2n) is 7.56. The van der Waals surface area contributed by atoms with Gasteiger partial charge in [0.1, 0.15) is 0 Å². The van der Waals surface area contributed by atoms with E-state index >= 15 is 0 Å². The van der Waals surface area contributed by atoms with Crippen LogP contribution in [0, 0.1) is 0 Å². The van der Waals surface area contributed by atoms with Crippen molar-refractivity contribution in [2.24, 2.45) is 5.73 Å². The van der Waals surface area contributed by atoms with E-state index in [0.29, 0.717) is 36.4 Å². The highest BCUT2D eigenvalue weighted by molar-refractivity contribution is 6.30. The number of likely N-dealkylation sites (tertiary alicyclic amines) is 1. The zero-order chi connectivity index (χ0) is 23.0. The van der Waals surface area contributed by atoms with Crippen molar-refractivity contribution in [1.82, 2.24) is 4.90 Å². The lowest BCUT2D eigenvalue weighted by molar-refractivity contribution is -0.143. The lowest BCUT2D eigenvalue weighted by atomic mass is 9.91. The molecule has 0 aromatic heterocycles. The van der Waals surface area contributed by atoms with Gasteiger partial charge >= 0.3 is 12.4 Å². The highest BCUT2D eigenvalue weighted by Crippen LogP contribution is 2.37. The molecule has 1 saturated heterocycles. The molecule has 0 radical (unpaired) electrons. The fourth-order valence-electron chi connectivity index (χ4n) is 3.68. The third kappa shape index (κ3) is 5.71. The standard InChI is InChI=1S/C21H19ClF6N2O/c22-16-3-1-12(2-4-16)7-18-11-17(29)5-6-30(18)19(31)13-8-14(20(23,24)25)10-15(9-13)21(26,27)28/h1-4,8-10,17-18H,5-7,11,29H2/t17-,18+/m0/s1. The molecule has 10 heteroatoms. The van der Waals surface area contributed by atoms with Gasteiger partial charge in [-0.1, -0.05) is 23.7 Å². The zero-order valence-electron chi connectivity index (χ0n) is 16.1. The number of rotatable bonds is 3. The van der Waals surface area contributed by atoms with Gasteiger partial charge in [0.15, 0.2) is 0 Å². The maximum Gasteiger partial charge on any atom is 0.416 e. The molecule has 1 amide bonds. The molecule has 1 aliphatic heterocycles. The fourth-order valence-corrected chi connectivity index (χ4v) is 3.81. The first kappa shape index (κ1) is 23.4. The number of hydrogen-bond acceptors (Lipinski definition) is 2. The number of piperidine rings is 1. The Hall–Kier alpha value is -2.26. The zero-order valence-corrected chi connectivity index (χ0v) is 16.9. The Kier molecular flexibility index (Phi) is 6.57. The molecule has 0 spiro atoms. The molecule has 3 nitrogen and oxygen atoms in total. The van der Waals surface area contributed by atoms with Gasteiger partial charge < -0.3 is 10.6 Å². The minimum atomic E-state index is -5.02. The van der Waals surface area contributed by atoms with Gasteiger partial charge in [-0.2, -0.15) is 26.3 Å². The fraction of sp³-hybridized carbons (Fsp3) is 0.381. The monoisotopic (exact) mass is 464 g/mol. The summed E-state index contributed by atoms with van der Waals surface area (Å²) in [5, 5.41) is 0.515. The predicted octanol–water partition coefficient (Wildman–Crippen LogP) is 5.55. The summed E-state index contributed by atoms with van der Waals surface area (Å²) in [7, 11) is 0. The molecule has 2 N–H and O–H groups in total. The molecule has 0 bridgehead atoms. The summed E-state index contributed by atoms with van der Waals surface area (Å²) in [6.45, 7) is 0.135. The van der Waals surface area contributed by atoms with E-state index in [1.165, 1.54) is 4.90 Å². The number of hydrogen-bond donors (Lipinski definition) is 1. The predicted molar refractivity (Wildman–Crippen MR) is 104 cm³/mol. The Labute approximate surface area is 179 Å². The number of amides is 1. The van der Waals surface area contributed by atoms with Crippen molar-refractivity contribution in [2.75, 3.05) is 6.54 Å². The molecule has 1 heterocycles. The summed E-state index contributed by atoms with van der Waals surface area (Å²) in [5.74, 6) is -0.887. The molecule has 1 fully saturated rings. The Balaban J connectivity index is 1.95. The first-order chi connectivity index (χ1) is 14.3. The molecular formula is C21H19ClF6N2O. The average molecular weight is 465 g/mol. The van der Waals surface area contributed by atoms with E-state index in [-0.39, 0.29) is 18.7 Å². The first-order valence-electron chi connectivity index (χ1n) is 9.45. The largest absolute Gasteiger partial charge is 0.416 e. The number of alkyl halides is 6. The third-order valence-electron chi connectivity index (χ3n) is 5.24. The maximum absolute atomic E-state index is 13.2. The molecule has 0 saturated carbocycles. The van der Waals surface area contributed by atoms with Crippen LogP contribution in [-0.2, 0) is 18.8 Å². The van der Waals surface area contributed by atoms with Crippen molar-refractivity contribution >= 4 is 17.5 Å². The SMILES string of the molecule is N[C@H]1CCN(C(=O)c2cc(C(F)(F)F)cc(C(F)(F)F)c2)[C@H](Cc2ccc(Cl)cc2)C1. The number of carbonyl (C=O) groups is 1. The highest BCUT2D eigenvalue weighted by Gasteiger charge is 2.39. The summed E-state index contributed by atoms with van der Waals surface area (Å²) in [4.78, 5) is 14.4. The van der Waals surface area contributed by atoms with Crippen molar-refractivity contribution < 1.29 is 31.1 Å². The van der Waals surface area contributed by atoms with Gasteiger partial charge in [-0.05, 0) is 55.2 Å². The smallest absolute Gasteiger partial charge is 0.335 e. The van der Waals surface area contributed by atoms with E-state index in [0.717, 1.165) is 5.56 Å². The van der Waals surface area contributed by atoms with Crippen molar-refractivity contribution in [1.29, 1.82) is 0 Å².